The maximum Gasteiger partial charge on any atom is 0.0693 e. The number of hydrogen-bond donors (Lipinski definition) is 2. The number of nitrogens with one attached hydrogen (secondary N) is 1. The Bertz CT molecular complexity index is 173. The highest BCUT2D eigenvalue weighted by atomic mass is 16.3. The first-order chi connectivity index (χ1) is 6.34. The minimum Gasteiger partial charge on any atom is -0.392 e. The number of rotatable bonds is 4. The highest BCUT2D eigenvalue weighted by Gasteiger charge is 2.21. The lowest BCUT2D eigenvalue weighted by molar-refractivity contribution is 0.0911. The quantitative estimate of drug-likeness (QED) is 0.506. The van der Waals surface area contributed by atoms with Crippen molar-refractivity contribution in [2.24, 2.45) is 0 Å². The van der Waals surface area contributed by atoms with Crippen molar-refractivity contribution in [1.29, 1.82) is 0 Å². The molecule has 0 aliphatic heterocycles. The van der Waals surface area contributed by atoms with Crippen LogP contribution in [0.1, 0.15) is 38.5 Å². The average Bonchev–Trinajstić information content (AvgIpc) is 2.15. The molecule has 0 aromatic carbocycles. The smallest absolute Gasteiger partial charge is 0.0693 e. The van der Waals surface area contributed by atoms with E-state index in [1.54, 1.807) is 0 Å². The van der Waals surface area contributed by atoms with Crippen LogP contribution in [0.4, 0.5) is 0 Å². The number of terminal acetylenes is 1. The van der Waals surface area contributed by atoms with Crippen LogP contribution >= 0.6 is 0 Å². The molecular formula is C11H19NO. The lowest BCUT2D eigenvalue weighted by Crippen LogP contribution is -2.42. The summed E-state index contributed by atoms with van der Waals surface area (Å²) in [6, 6.07) is 0.312. The topological polar surface area (TPSA) is 32.3 Å². The van der Waals surface area contributed by atoms with E-state index in [1.165, 1.54) is 12.8 Å². The first-order valence-electron chi connectivity index (χ1n) is 5.19. The normalized spacial score (nSPS) is 28.3. The highest BCUT2D eigenvalue weighted by molar-refractivity contribution is 4.84. The van der Waals surface area contributed by atoms with E-state index in [2.05, 4.69) is 11.2 Å². The van der Waals surface area contributed by atoms with E-state index in [-0.39, 0.29) is 6.10 Å². The molecule has 74 valence electrons. The van der Waals surface area contributed by atoms with Gasteiger partial charge in [-0.1, -0.05) is 12.8 Å². The van der Waals surface area contributed by atoms with Crippen LogP contribution in [0.5, 0.6) is 0 Å². The molecular weight excluding hydrogens is 162 g/mol. The van der Waals surface area contributed by atoms with Gasteiger partial charge in [0.2, 0.25) is 0 Å². The van der Waals surface area contributed by atoms with Gasteiger partial charge in [-0.3, -0.25) is 0 Å². The molecule has 2 N–H and O–H groups in total. The molecule has 2 heteroatoms. The van der Waals surface area contributed by atoms with E-state index in [4.69, 9.17) is 6.42 Å². The van der Waals surface area contributed by atoms with E-state index in [0.29, 0.717) is 6.04 Å². The van der Waals surface area contributed by atoms with Crippen molar-refractivity contribution in [2.45, 2.75) is 50.7 Å². The monoisotopic (exact) mass is 181 g/mol. The van der Waals surface area contributed by atoms with Crippen molar-refractivity contribution in [3.05, 3.63) is 0 Å². The molecule has 1 fully saturated rings. The molecule has 1 saturated carbocycles. The van der Waals surface area contributed by atoms with E-state index in [0.717, 1.165) is 32.2 Å². The fourth-order valence-electron chi connectivity index (χ4n) is 1.83. The third-order valence-electron chi connectivity index (χ3n) is 2.63. The standard InChI is InChI=1S/C11H19NO/c1-2-3-6-9-12-10-7-4-5-8-11(10)13/h1,10-13H,3-9H2/t10-,11-/m1/s1. The Labute approximate surface area is 80.7 Å². The summed E-state index contributed by atoms with van der Waals surface area (Å²) in [5.74, 6) is 2.61. The van der Waals surface area contributed by atoms with Gasteiger partial charge in [0, 0.05) is 12.5 Å². The SMILES string of the molecule is C#CCCCN[C@@H]1CCCC[C@H]1O. The van der Waals surface area contributed by atoms with Crippen LogP contribution in [0.15, 0.2) is 0 Å². The predicted octanol–water partition coefficient (Wildman–Crippen LogP) is 1.29. The molecule has 0 aromatic rings. The van der Waals surface area contributed by atoms with Gasteiger partial charge in [0.05, 0.1) is 6.10 Å². The van der Waals surface area contributed by atoms with Crippen LogP contribution in [-0.4, -0.2) is 23.8 Å². The first kappa shape index (κ1) is 10.6. The summed E-state index contributed by atoms with van der Waals surface area (Å²) >= 11 is 0. The van der Waals surface area contributed by atoms with Gasteiger partial charge in [0.1, 0.15) is 0 Å². The molecule has 2 atom stereocenters. The molecule has 0 spiro atoms. The third kappa shape index (κ3) is 3.80. The summed E-state index contributed by atoms with van der Waals surface area (Å²) < 4.78 is 0. The summed E-state index contributed by atoms with van der Waals surface area (Å²) in [4.78, 5) is 0. The Balaban J connectivity index is 2.09. The summed E-state index contributed by atoms with van der Waals surface area (Å²) in [7, 11) is 0. The minimum atomic E-state index is -0.139. The summed E-state index contributed by atoms with van der Waals surface area (Å²) in [5.41, 5.74) is 0. The predicted molar refractivity (Wildman–Crippen MR) is 54.3 cm³/mol. The molecule has 13 heavy (non-hydrogen) atoms. The van der Waals surface area contributed by atoms with Gasteiger partial charge in [-0.05, 0) is 25.8 Å². The highest BCUT2D eigenvalue weighted by Crippen LogP contribution is 2.18. The van der Waals surface area contributed by atoms with Crippen LogP contribution < -0.4 is 5.32 Å². The first-order valence-corrected chi connectivity index (χ1v) is 5.19. The Morgan fingerprint density at radius 1 is 1.38 bits per heavy atom. The van der Waals surface area contributed by atoms with Crippen molar-refractivity contribution in [1.82, 2.24) is 5.32 Å². The van der Waals surface area contributed by atoms with Gasteiger partial charge in [0.15, 0.2) is 0 Å². The second-order valence-corrected chi connectivity index (χ2v) is 3.72. The number of unbranched alkanes of at least 4 members (excludes halogenated alkanes) is 1. The van der Waals surface area contributed by atoms with Crippen LogP contribution in [-0.2, 0) is 0 Å². The number of aliphatic hydroxyl groups is 1. The molecule has 0 aromatic heterocycles. The van der Waals surface area contributed by atoms with Crippen LogP contribution in [0.2, 0.25) is 0 Å². The largest absolute Gasteiger partial charge is 0.392 e. The zero-order valence-corrected chi connectivity index (χ0v) is 8.13. The Hall–Kier alpha value is -0.520. The van der Waals surface area contributed by atoms with Crippen LogP contribution in [0.25, 0.3) is 0 Å². The Morgan fingerprint density at radius 3 is 2.85 bits per heavy atom. The van der Waals surface area contributed by atoms with E-state index < -0.39 is 0 Å². The molecule has 0 saturated heterocycles. The van der Waals surface area contributed by atoms with Gasteiger partial charge in [-0.25, -0.2) is 0 Å². The van der Waals surface area contributed by atoms with E-state index >= 15 is 0 Å². The van der Waals surface area contributed by atoms with Crippen LogP contribution in [0.3, 0.4) is 0 Å². The van der Waals surface area contributed by atoms with Gasteiger partial charge >= 0.3 is 0 Å². The van der Waals surface area contributed by atoms with E-state index in [9.17, 15) is 5.11 Å². The second kappa shape index (κ2) is 6.01. The fourth-order valence-corrected chi connectivity index (χ4v) is 1.83. The minimum absolute atomic E-state index is 0.139. The average molecular weight is 181 g/mol. The van der Waals surface area contributed by atoms with Gasteiger partial charge in [-0.2, -0.15) is 0 Å². The number of hydrogen-bond acceptors (Lipinski definition) is 2. The molecule has 0 heterocycles. The summed E-state index contributed by atoms with van der Waals surface area (Å²) in [5, 5.41) is 13.0. The van der Waals surface area contributed by atoms with Crippen molar-refractivity contribution < 1.29 is 5.11 Å². The van der Waals surface area contributed by atoms with Gasteiger partial charge in [-0.15, -0.1) is 12.3 Å². The van der Waals surface area contributed by atoms with Crippen molar-refractivity contribution in [2.75, 3.05) is 6.54 Å². The van der Waals surface area contributed by atoms with Gasteiger partial charge < -0.3 is 10.4 Å². The molecule has 1 aliphatic carbocycles. The summed E-state index contributed by atoms with van der Waals surface area (Å²) in [6.07, 6.45) is 11.3. The maximum absolute atomic E-state index is 9.62. The molecule has 1 aliphatic rings. The molecule has 0 unspecified atom stereocenters. The van der Waals surface area contributed by atoms with Crippen molar-refractivity contribution >= 4 is 0 Å². The molecule has 0 bridgehead atoms. The number of aliphatic hydroxyl groups excluding tert-OH is 1. The molecule has 1 rings (SSSR count). The molecule has 0 radical (unpaired) electrons. The third-order valence-corrected chi connectivity index (χ3v) is 2.63. The van der Waals surface area contributed by atoms with Crippen molar-refractivity contribution in [3.63, 3.8) is 0 Å². The lowest BCUT2D eigenvalue weighted by Gasteiger charge is -2.28. The van der Waals surface area contributed by atoms with Crippen molar-refractivity contribution in [3.8, 4) is 12.3 Å². The molecule has 0 amide bonds. The van der Waals surface area contributed by atoms with Gasteiger partial charge in [0.25, 0.3) is 0 Å². The maximum atomic E-state index is 9.62. The Kier molecular flexibility index (Phi) is 4.88. The fraction of sp³-hybridized carbons (Fsp3) is 0.818. The summed E-state index contributed by atoms with van der Waals surface area (Å²) in [6.45, 7) is 0.936. The van der Waals surface area contributed by atoms with Crippen LogP contribution in [0, 0.1) is 12.3 Å². The second-order valence-electron chi connectivity index (χ2n) is 3.72. The lowest BCUT2D eigenvalue weighted by atomic mass is 9.92. The zero-order valence-electron chi connectivity index (χ0n) is 8.13. The Morgan fingerprint density at radius 2 is 2.15 bits per heavy atom. The molecule has 2 nitrogen and oxygen atoms in total. The van der Waals surface area contributed by atoms with E-state index in [1.807, 2.05) is 0 Å². The zero-order chi connectivity index (χ0) is 9.52.